The zero-order valence-corrected chi connectivity index (χ0v) is 6.94. The molecule has 1 rings (SSSR count). The van der Waals surface area contributed by atoms with Gasteiger partial charge in [-0.2, -0.15) is 0 Å². The second kappa shape index (κ2) is 2.91. The van der Waals surface area contributed by atoms with Gasteiger partial charge in [0, 0.05) is 13.1 Å². The first-order chi connectivity index (χ1) is 4.00. The molecule has 1 fully saturated rings. The largest absolute Gasteiger partial charge is 0.306 e. The fourth-order valence-corrected chi connectivity index (χ4v) is 1.25. The van der Waals surface area contributed by atoms with Crippen LogP contribution in [0.2, 0.25) is 0 Å². The molecule has 62 valence electrons. The van der Waals surface area contributed by atoms with Crippen molar-refractivity contribution in [3.63, 3.8) is 0 Å². The van der Waals surface area contributed by atoms with Crippen LogP contribution in [0.25, 0.3) is 0 Å². The molecule has 1 nitrogen and oxygen atoms in total. The monoisotopic (exact) mass is 143 g/mol. The molecule has 0 aromatic heterocycles. The predicted octanol–water partition coefficient (Wildman–Crippen LogP) is 2.23. The molecule has 0 aliphatic carbocycles. The SMILES string of the molecule is C.CN1CC(C(C)(C)C)C1. The molecule has 0 atom stereocenters. The second-order valence-corrected chi connectivity index (χ2v) is 4.28. The van der Waals surface area contributed by atoms with Crippen molar-refractivity contribution in [2.45, 2.75) is 28.2 Å². The highest BCUT2D eigenvalue weighted by atomic mass is 15.2. The standard InChI is InChI=1S/C8H17N.CH4/c1-8(2,3)7-5-9(4)6-7;/h7H,5-6H2,1-4H3;1H4. The van der Waals surface area contributed by atoms with E-state index in [4.69, 9.17) is 0 Å². The molecule has 0 amide bonds. The van der Waals surface area contributed by atoms with Crippen molar-refractivity contribution in [1.82, 2.24) is 4.90 Å². The maximum absolute atomic E-state index is 2.37. The lowest BCUT2D eigenvalue weighted by atomic mass is 9.76. The van der Waals surface area contributed by atoms with Crippen molar-refractivity contribution in [2.75, 3.05) is 20.1 Å². The predicted molar refractivity (Wildman–Crippen MR) is 47.2 cm³/mol. The molecule has 10 heavy (non-hydrogen) atoms. The zero-order chi connectivity index (χ0) is 7.07. The van der Waals surface area contributed by atoms with Crippen LogP contribution < -0.4 is 0 Å². The van der Waals surface area contributed by atoms with Gasteiger partial charge in [-0.3, -0.25) is 0 Å². The van der Waals surface area contributed by atoms with E-state index in [1.807, 2.05) is 0 Å². The van der Waals surface area contributed by atoms with Crippen molar-refractivity contribution in [3.8, 4) is 0 Å². The molecule has 1 aliphatic rings. The smallest absolute Gasteiger partial charge is 0.00240 e. The minimum absolute atomic E-state index is 0. The Morgan fingerprint density at radius 1 is 1.20 bits per heavy atom. The van der Waals surface area contributed by atoms with Crippen LogP contribution in [0.3, 0.4) is 0 Å². The Morgan fingerprint density at radius 3 is 1.70 bits per heavy atom. The summed E-state index contributed by atoms with van der Waals surface area (Å²) in [7, 11) is 2.18. The molecule has 1 aliphatic heterocycles. The third-order valence-electron chi connectivity index (χ3n) is 2.29. The Bertz CT molecular complexity index is 95.8. The summed E-state index contributed by atoms with van der Waals surface area (Å²) in [5.74, 6) is 0.933. The average molecular weight is 143 g/mol. The van der Waals surface area contributed by atoms with E-state index in [0.717, 1.165) is 5.92 Å². The molecular weight excluding hydrogens is 122 g/mol. The quantitative estimate of drug-likeness (QED) is 0.502. The van der Waals surface area contributed by atoms with Gasteiger partial charge in [0.15, 0.2) is 0 Å². The maximum atomic E-state index is 2.37. The third kappa shape index (κ3) is 1.98. The third-order valence-corrected chi connectivity index (χ3v) is 2.29. The van der Waals surface area contributed by atoms with Crippen LogP contribution in [0.4, 0.5) is 0 Å². The minimum Gasteiger partial charge on any atom is -0.306 e. The normalized spacial score (nSPS) is 21.6. The van der Waals surface area contributed by atoms with Crippen molar-refractivity contribution >= 4 is 0 Å². The molecule has 0 bridgehead atoms. The number of hydrogen-bond donors (Lipinski definition) is 0. The van der Waals surface area contributed by atoms with Crippen LogP contribution >= 0.6 is 0 Å². The first-order valence-electron chi connectivity index (χ1n) is 3.68. The summed E-state index contributed by atoms with van der Waals surface area (Å²) in [6, 6.07) is 0. The van der Waals surface area contributed by atoms with Crippen LogP contribution in [-0.4, -0.2) is 25.0 Å². The van der Waals surface area contributed by atoms with E-state index in [2.05, 4.69) is 32.7 Å². The van der Waals surface area contributed by atoms with Crippen LogP contribution in [0, 0.1) is 11.3 Å². The summed E-state index contributed by atoms with van der Waals surface area (Å²) in [6.07, 6.45) is 0. The van der Waals surface area contributed by atoms with Crippen LogP contribution in [0.5, 0.6) is 0 Å². The average Bonchev–Trinajstić information content (AvgIpc) is 1.55. The van der Waals surface area contributed by atoms with E-state index in [1.165, 1.54) is 13.1 Å². The highest BCUT2D eigenvalue weighted by Crippen LogP contribution is 2.32. The summed E-state index contributed by atoms with van der Waals surface area (Å²) in [5.41, 5.74) is 0.534. The van der Waals surface area contributed by atoms with E-state index in [9.17, 15) is 0 Å². The van der Waals surface area contributed by atoms with Crippen LogP contribution in [0.15, 0.2) is 0 Å². The minimum atomic E-state index is 0. The second-order valence-electron chi connectivity index (χ2n) is 4.28. The van der Waals surface area contributed by atoms with Gasteiger partial charge >= 0.3 is 0 Å². The van der Waals surface area contributed by atoms with E-state index >= 15 is 0 Å². The van der Waals surface area contributed by atoms with Crippen molar-refractivity contribution < 1.29 is 0 Å². The van der Waals surface area contributed by atoms with Gasteiger partial charge in [-0.25, -0.2) is 0 Å². The highest BCUT2D eigenvalue weighted by molar-refractivity contribution is 4.85. The fourth-order valence-electron chi connectivity index (χ4n) is 1.25. The zero-order valence-electron chi connectivity index (χ0n) is 6.94. The van der Waals surface area contributed by atoms with E-state index in [-0.39, 0.29) is 7.43 Å². The highest BCUT2D eigenvalue weighted by Gasteiger charge is 2.33. The summed E-state index contributed by atoms with van der Waals surface area (Å²) >= 11 is 0. The maximum Gasteiger partial charge on any atom is 0.00240 e. The molecule has 0 aromatic rings. The van der Waals surface area contributed by atoms with Gasteiger partial charge in [0.1, 0.15) is 0 Å². The van der Waals surface area contributed by atoms with Gasteiger partial charge in [0.2, 0.25) is 0 Å². The van der Waals surface area contributed by atoms with Gasteiger partial charge in [0.25, 0.3) is 0 Å². The van der Waals surface area contributed by atoms with Crippen LogP contribution in [-0.2, 0) is 0 Å². The molecule has 0 unspecified atom stereocenters. The molecule has 1 heteroatoms. The number of rotatable bonds is 0. The van der Waals surface area contributed by atoms with E-state index < -0.39 is 0 Å². The van der Waals surface area contributed by atoms with Gasteiger partial charge in [-0.15, -0.1) is 0 Å². The Hall–Kier alpha value is -0.0400. The van der Waals surface area contributed by atoms with Gasteiger partial charge in [-0.1, -0.05) is 28.2 Å². The van der Waals surface area contributed by atoms with Crippen LogP contribution in [0.1, 0.15) is 28.2 Å². The Balaban J connectivity index is 0.000000810. The summed E-state index contributed by atoms with van der Waals surface area (Å²) < 4.78 is 0. The summed E-state index contributed by atoms with van der Waals surface area (Å²) in [6.45, 7) is 9.56. The Kier molecular flexibility index (Phi) is 2.90. The summed E-state index contributed by atoms with van der Waals surface area (Å²) in [4.78, 5) is 2.37. The first kappa shape index (κ1) is 9.96. The van der Waals surface area contributed by atoms with Crippen molar-refractivity contribution in [2.24, 2.45) is 11.3 Å². The lowest BCUT2D eigenvalue weighted by Gasteiger charge is -2.44. The van der Waals surface area contributed by atoms with Gasteiger partial charge < -0.3 is 4.90 Å². The molecule has 0 N–H and O–H groups in total. The first-order valence-corrected chi connectivity index (χ1v) is 3.68. The molecular formula is C9H21N. The number of nitrogens with zero attached hydrogens (tertiary/aromatic N) is 1. The number of hydrogen-bond acceptors (Lipinski definition) is 1. The molecule has 0 aromatic carbocycles. The Labute approximate surface area is 65.4 Å². The van der Waals surface area contributed by atoms with E-state index in [1.54, 1.807) is 0 Å². The fraction of sp³-hybridized carbons (Fsp3) is 1.00. The molecule has 1 heterocycles. The lowest BCUT2D eigenvalue weighted by molar-refractivity contribution is 0.0459. The number of likely N-dealkylation sites (tertiary alicyclic amines) is 1. The summed E-state index contributed by atoms with van der Waals surface area (Å²) in [5, 5.41) is 0. The van der Waals surface area contributed by atoms with E-state index in [0.29, 0.717) is 5.41 Å². The van der Waals surface area contributed by atoms with Gasteiger partial charge in [0.05, 0.1) is 0 Å². The van der Waals surface area contributed by atoms with Crippen molar-refractivity contribution in [1.29, 1.82) is 0 Å². The molecule has 0 saturated carbocycles. The topological polar surface area (TPSA) is 3.24 Å². The molecule has 0 spiro atoms. The Morgan fingerprint density at radius 2 is 1.60 bits per heavy atom. The van der Waals surface area contributed by atoms with Gasteiger partial charge in [-0.05, 0) is 18.4 Å². The molecule has 0 radical (unpaired) electrons. The van der Waals surface area contributed by atoms with Crippen molar-refractivity contribution in [3.05, 3.63) is 0 Å². The lowest BCUT2D eigenvalue weighted by Crippen LogP contribution is -2.49. The molecule has 1 saturated heterocycles.